The maximum absolute atomic E-state index is 4.99. The second kappa shape index (κ2) is 5.64. The van der Waals surface area contributed by atoms with Crippen molar-refractivity contribution in [3.8, 4) is 11.4 Å². The van der Waals surface area contributed by atoms with E-state index in [1.165, 1.54) is 0 Å². The molecule has 0 atom stereocenters. The van der Waals surface area contributed by atoms with Gasteiger partial charge in [-0.15, -0.1) is 0 Å². The van der Waals surface area contributed by atoms with Crippen molar-refractivity contribution in [1.29, 1.82) is 0 Å². The molecule has 0 amide bonds. The monoisotopic (exact) mass is 451 g/mol. The summed E-state index contributed by atoms with van der Waals surface area (Å²) in [6, 6.07) is 22.5. The van der Waals surface area contributed by atoms with Gasteiger partial charge < -0.3 is 0 Å². The maximum atomic E-state index is 4.99. The molecular formula is C20H11Br2N3. The Balaban J connectivity index is 2.07. The highest BCUT2D eigenvalue weighted by Gasteiger charge is 2.16. The number of halogens is 2. The van der Waals surface area contributed by atoms with Gasteiger partial charge in [0.25, 0.3) is 0 Å². The number of benzene rings is 3. The zero-order valence-electron chi connectivity index (χ0n) is 12.9. The number of nitrogens with zero attached hydrogens (tertiary/aromatic N) is 3. The SMILES string of the molecule is Brc1cc(Br)c2nc(-c3ccccc3)n3c4ccccc4nc3c2c1. The number of hydrogen-bond donors (Lipinski definition) is 0. The molecule has 5 aromatic rings. The van der Waals surface area contributed by atoms with Crippen molar-refractivity contribution in [2.75, 3.05) is 0 Å². The topological polar surface area (TPSA) is 30.2 Å². The third kappa shape index (κ3) is 2.30. The van der Waals surface area contributed by atoms with Gasteiger partial charge in [0.15, 0.2) is 0 Å². The van der Waals surface area contributed by atoms with E-state index in [9.17, 15) is 0 Å². The molecule has 0 fully saturated rings. The molecule has 2 heterocycles. The van der Waals surface area contributed by atoms with Crippen LogP contribution in [0.15, 0.2) is 75.7 Å². The quantitative estimate of drug-likeness (QED) is 0.302. The van der Waals surface area contributed by atoms with E-state index < -0.39 is 0 Å². The second-order valence-electron chi connectivity index (χ2n) is 5.84. The average Bonchev–Trinajstić information content (AvgIpc) is 3.02. The van der Waals surface area contributed by atoms with Crippen molar-refractivity contribution < 1.29 is 0 Å². The van der Waals surface area contributed by atoms with Gasteiger partial charge in [-0.2, -0.15) is 0 Å². The van der Waals surface area contributed by atoms with Crippen LogP contribution in [0.1, 0.15) is 0 Å². The summed E-state index contributed by atoms with van der Waals surface area (Å²) in [5.41, 5.74) is 4.90. The van der Waals surface area contributed by atoms with Crippen LogP contribution < -0.4 is 0 Å². The minimum absolute atomic E-state index is 0.889. The molecule has 0 saturated heterocycles. The van der Waals surface area contributed by atoms with Gasteiger partial charge in [0.05, 0.1) is 16.6 Å². The molecule has 0 N–H and O–H groups in total. The Hall–Kier alpha value is -2.24. The molecule has 0 saturated carbocycles. The Bertz CT molecular complexity index is 1260. The van der Waals surface area contributed by atoms with Gasteiger partial charge in [-0.1, -0.05) is 58.4 Å². The summed E-state index contributed by atoms with van der Waals surface area (Å²) in [6.07, 6.45) is 0. The van der Waals surface area contributed by atoms with Crippen molar-refractivity contribution in [2.45, 2.75) is 0 Å². The highest BCUT2D eigenvalue weighted by atomic mass is 79.9. The lowest BCUT2D eigenvalue weighted by atomic mass is 10.2. The van der Waals surface area contributed by atoms with E-state index in [0.717, 1.165) is 47.9 Å². The summed E-state index contributed by atoms with van der Waals surface area (Å²) in [5.74, 6) is 0.889. The number of aromatic nitrogens is 3. The molecule has 0 bridgehead atoms. The van der Waals surface area contributed by atoms with Crippen LogP contribution in [0.25, 0.3) is 39.0 Å². The lowest BCUT2D eigenvalue weighted by Gasteiger charge is -2.10. The number of imidazole rings is 1. The molecule has 3 aromatic carbocycles. The summed E-state index contributed by atoms with van der Waals surface area (Å²) in [6.45, 7) is 0. The first-order chi connectivity index (χ1) is 12.2. The Labute approximate surface area is 160 Å². The first-order valence-electron chi connectivity index (χ1n) is 7.84. The molecule has 5 heteroatoms. The first-order valence-corrected chi connectivity index (χ1v) is 9.42. The van der Waals surface area contributed by atoms with E-state index in [1.54, 1.807) is 0 Å². The van der Waals surface area contributed by atoms with Crippen LogP contribution in [0.4, 0.5) is 0 Å². The largest absolute Gasteiger partial charge is 0.276 e. The summed E-state index contributed by atoms with van der Waals surface area (Å²) >= 11 is 7.24. The van der Waals surface area contributed by atoms with Crippen LogP contribution >= 0.6 is 31.9 Å². The summed E-state index contributed by atoms with van der Waals surface area (Å²) in [7, 11) is 0. The molecule has 25 heavy (non-hydrogen) atoms. The number of fused-ring (bicyclic) bond motifs is 5. The fraction of sp³-hybridized carbons (Fsp3) is 0. The minimum atomic E-state index is 0.889. The number of para-hydroxylation sites is 2. The van der Waals surface area contributed by atoms with Crippen LogP contribution in [0.5, 0.6) is 0 Å². The summed E-state index contributed by atoms with van der Waals surface area (Å²) in [4.78, 5) is 9.88. The van der Waals surface area contributed by atoms with E-state index >= 15 is 0 Å². The molecule has 0 aliphatic heterocycles. The van der Waals surface area contributed by atoms with Gasteiger partial charge in [-0.05, 0) is 40.2 Å². The average molecular weight is 453 g/mol. The lowest BCUT2D eigenvalue weighted by molar-refractivity contribution is 1.16. The van der Waals surface area contributed by atoms with Crippen molar-refractivity contribution in [3.05, 3.63) is 75.7 Å². The zero-order chi connectivity index (χ0) is 17.0. The van der Waals surface area contributed by atoms with Crippen LogP contribution in [-0.2, 0) is 0 Å². The number of rotatable bonds is 1. The fourth-order valence-electron chi connectivity index (χ4n) is 3.21. The molecule has 0 spiro atoms. The first kappa shape index (κ1) is 15.0. The predicted molar refractivity (Wildman–Crippen MR) is 109 cm³/mol. The van der Waals surface area contributed by atoms with Gasteiger partial charge in [0.2, 0.25) is 0 Å². The zero-order valence-corrected chi connectivity index (χ0v) is 16.1. The fourth-order valence-corrected chi connectivity index (χ4v) is 4.52. The van der Waals surface area contributed by atoms with E-state index in [0.29, 0.717) is 0 Å². The minimum Gasteiger partial charge on any atom is -0.276 e. The number of hydrogen-bond acceptors (Lipinski definition) is 2. The summed E-state index contributed by atoms with van der Waals surface area (Å²) in [5, 5.41) is 1.01. The Morgan fingerprint density at radius 2 is 1.56 bits per heavy atom. The van der Waals surface area contributed by atoms with Gasteiger partial charge in [0, 0.05) is 19.9 Å². The second-order valence-corrected chi connectivity index (χ2v) is 7.61. The molecule has 5 rings (SSSR count). The molecule has 2 aromatic heterocycles. The summed E-state index contributed by atoms with van der Waals surface area (Å²) < 4.78 is 4.09. The molecule has 0 radical (unpaired) electrons. The third-order valence-electron chi connectivity index (χ3n) is 4.29. The Kier molecular flexibility index (Phi) is 3.40. The van der Waals surface area contributed by atoms with Crippen LogP contribution in [0.2, 0.25) is 0 Å². The smallest absolute Gasteiger partial charge is 0.149 e. The highest BCUT2D eigenvalue weighted by Crippen LogP contribution is 2.34. The van der Waals surface area contributed by atoms with Crippen molar-refractivity contribution in [1.82, 2.24) is 14.4 Å². The molecule has 120 valence electrons. The van der Waals surface area contributed by atoms with Crippen LogP contribution in [0, 0.1) is 0 Å². The van der Waals surface area contributed by atoms with Gasteiger partial charge in [-0.3, -0.25) is 4.40 Å². The Morgan fingerprint density at radius 3 is 2.40 bits per heavy atom. The van der Waals surface area contributed by atoms with Crippen molar-refractivity contribution in [2.24, 2.45) is 0 Å². The van der Waals surface area contributed by atoms with Crippen LogP contribution in [-0.4, -0.2) is 14.4 Å². The van der Waals surface area contributed by atoms with E-state index in [-0.39, 0.29) is 0 Å². The van der Waals surface area contributed by atoms with Crippen molar-refractivity contribution in [3.63, 3.8) is 0 Å². The third-order valence-corrected chi connectivity index (χ3v) is 5.35. The van der Waals surface area contributed by atoms with Gasteiger partial charge in [0.1, 0.15) is 11.5 Å². The molecule has 3 nitrogen and oxygen atoms in total. The molecular weight excluding hydrogens is 442 g/mol. The highest BCUT2D eigenvalue weighted by molar-refractivity contribution is 9.11. The normalized spacial score (nSPS) is 11.6. The van der Waals surface area contributed by atoms with Gasteiger partial charge in [-0.25, -0.2) is 9.97 Å². The lowest BCUT2D eigenvalue weighted by Crippen LogP contribution is -1.98. The predicted octanol–water partition coefficient (Wildman–Crippen LogP) is 6.23. The maximum Gasteiger partial charge on any atom is 0.149 e. The van der Waals surface area contributed by atoms with E-state index in [2.05, 4.69) is 60.5 Å². The van der Waals surface area contributed by atoms with Crippen LogP contribution in [0.3, 0.4) is 0 Å². The Morgan fingerprint density at radius 1 is 0.800 bits per heavy atom. The van der Waals surface area contributed by atoms with Gasteiger partial charge >= 0.3 is 0 Å². The standard InChI is InChI=1S/C20H11Br2N3/c21-13-10-14-18(15(22)11-13)24-19(12-6-2-1-3-7-12)25-17-9-5-4-8-16(17)23-20(14)25/h1-11H. The van der Waals surface area contributed by atoms with E-state index in [1.807, 2.05) is 42.5 Å². The van der Waals surface area contributed by atoms with E-state index in [4.69, 9.17) is 9.97 Å². The molecule has 0 aliphatic rings. The molecule has 0 unspecified atom stereocenters. The molecule has 0 aliphatic carbocycles. The van der Waals surface area contributed by atoms with Crippen molar-refractivity contribution >= 4 is 59.4 Å².